The third kappa shape index (κ3) is 2.21. The van der Waals surface area contributed by atoms with Gasteiger partial charge in [-0.1, -0.05) is 12.2 Å². The molecule has 6 heteroatoms. The monoisotopic (exact) mass is 250 g/mol. The first-order chi connectivity index (χ1) is 8.69. The average Bonchev–Trinajstić information content (AvgIpc) is 2.44. The van der Waals surface area contributed by atoms with E-state index in [2.05, 4.69) is 9.68 Å². The van der Waals surface area contributed by atoms with Gasteiger partial charge >= 0.3 is 5.97 Å². The van der Waals surface area contributed by atoms with Gasteiger partial charge in [-0.15, -0.1) is 0 Å². The standard InChI is InChI=1S/C12H14N2O4/c1-16-9-3-2-7-6-11(17-13)10(12(15)18-14)5-8(7)4-9/h2-3,5-6,9H,4,13-14H2,1H3. The number of methoxy groups -OCH3 is 1. The Labute approximate surface area is 104 Å². The molecule has 6 nitrogen and oxygen atoms in total. The Bertz CT molecular complexity index is 499. The maximum atomic E-state index is 11.5. The van der Waals surface area contributed by atoms with Gasteiger partial charge in [0.15, 0.2) is 5.75 Å². The molecule has 0 spiro atoms. The largest absolute Gasteiger partial charge is 0.411 e. The first kappa shape index (κ1) is 12.6. The van der Waals surface area contributed by atoms with Crippen molar-refractivity contribution < 1.29 is 19.2 Å². The highest BCUT2D eigenvalue weighted by Crippen LogP contribution is 2.28. The van der Waals surface area contributed by atoms with Crippen LogP contribution in [0.1, 0.15) is 21.5 Å². The predicted octanol–water partition coefficient (Wildman–Crippen LogP) is 0.554. The molecular weight excluding hydrogens is 236 g/mol. The van der Waals surface area contributed by atoms with Crippen molar-refractivity contribution >= 4 is 12.0 Å². The fourth-order valence-electron chi connectivity index (χ4n) is 1.95. The molecule has 0 saturated carbocycles. The predicted molar refractivity (Wildman–Crippen MR) is 64.4 cm³/mol. The van der Waals surface area contributed by atoms with Gasteiger partial charge < -0.3 is 14.4 Å². The Morgan fingerprint density at radius 2 is 2.17 bits per heavy atom. The lowest BCUT2D eigenvalue weighted by Crippen LogP contribution is -2.18. The van der Waals surface area contributed by atoms with Gasteiger partial charge in [0.05, 0.1) is 6.10 Å². The van der Waals surface area contributed by atoms with E-state index in [1.165, 1.54) is 0 Å². The Kier molecular flexibility index (Phi) is 3.61. The minimum absolute atomic E-state index is 0.0103. The number of carbonyl (C=O) groups excluding carboxylic acids is 1. The molecule has 18 heavy (non-hydrogen) atoms. The van der Waals surface area contributed by atoms with Crippen molar-refractivity contribution in [2.75, 3.05) is 7.11 Å². The lowest BCUT2D eigenvalue weighted by Gasteiger charge is -2.19. The van der Waals surface area contributed by atoms with E-state index >= 15 is 0 Å². The highest BCUT2D eigenvalue weighted by atomic mass is 16.7. The van der Waals surface area contributed by atoms with E-state index in [9.17, 15) is 4.79 Å². The van der Waals surface area contributed by atoms with Gasteiger partial charge in [-0.3, -0.25) is 0 Å². The van der Waals surface area contributed by atoms with E-state index in [4.69, 9.17) is 16.5 Å². The Balaban J connectivity index is 2.46. The normalized spacial score (nSPS) is 17.2. The molecule has 0 fully saturated rings. The maximum Gasteiger partial charge on any atom is 0.360 e. The van der Waals surface area contributed by atoms with Crippen LogP contribution in [0.2, 0.25) is 0 Å². The lowest BCUT2D eigenvalue weighted by molar-refractivity contribution is 0.0498. The average molecular weight is 250 g/mol. The molecular formula is C12H14N2O4. The molecule has 0 aromatic heterocycles. The number of nitrogens with two attached hydrogens (primary N) is 2. The first-order valence-corrected chi connectivity index (χ1v) is 5.35. The summed E-state index contributed by atoms with van der Waals surface area (Å²) in [4.78, 5) is 20.4. The minimum Gasteiger partial charge on any atom is -0.411 e. The van der Waals surface area contributed by atoms with Crippen LogP contribution in [0.15, 0.2) is 18.2 Å². The van der Waals surface area contributed by atoms with Crippen LogP contribution < -0.4 is 16.6 Å². The quantitative estimate of drug-likeness (QED) is 0.760. The number of benzene rings is 1. The summed E-state index contributed by atoms with van der Waals surface area (Å²) in [5, 5.41) is 0. The van der Waals surface area contributed by atoms with Gasteiger partial charge in [-0.2, -0.15) is 11.8 Å². The van der Waals surface area contributed by atoms with Gasteiger partial charge in [-0.05, 0) is 23.3 Å². The number of ether oxygens (including phenoxy) is 1. The lowest BCUT2D eigenvalue weighted by atomic mass is 9.93. The van der Waals surface area contributed by atoms with E-state index in [1.54, 1.807) is 19.2 Å². The van der Waals surface area contributed by atoms with E-state index in [0.29, 0.717) is 6.42 Å². The van der Waals surface area contributed by atoms with Crippen molar-refractivity contribution in [1.82, 2.24) is 0 Å². The summed E-state index contributed by atoms with van der Waals surface area (Å²) in [5.41, 5.74) is 2.08. The third-order valence-corrected chi connectivity index (χ3v) is 2.91. The molecule has 4 N–H and O–H groups in total. The molecule has 1 atom stereocenters. The molecule has 0 heterocycles. The van der Waals surface area contributed by atoms with Crippen LogP contribution in [0.3, 0.4) is 0 Å². The maximum absolute atomic E-state index is 11.5. The summed E-state index contributed by atoms with van der Waals surface area (Å²) in [5.74, 6) is 9.54. The number of fused-ring (bicyclic) bond motifs is 1. The molecule has 96 valence electrons. The minimum atomic E-state index is -0.693. The molecule has 0 radical (unpaired) electrons. The summed E-state index contributed by atoms with van der Waals surface area (Å²) < 4.78 is 5.25. The highest BCUT2D eigenvalue weighted by molar-refractivity contribution is 5.93. The van der Waals surface area contributed by atoms with Crippen LogP contribution in [0.5, 0.6) is 5.75 Å². The van der Waals surface area contributed by atoms with Crippen LogP contribution in [-0.2, 0) is 16.0 Å². The number of carbonyl (C=O) groups is 1. The van der Waals surface area contributed by atoms with Crippen molar-refractivity contribution in [1.29, 1.82) is 0 Å². The zero-order valence-electron chi connectivity index (χ0n) is 9.88. The molecule has 1 aromatic carbocycles. The summed E-state index contributed by atoms with van der Waals surface area (Å²) in [6.07, 6.45) is 4.48. The molecule has 1 unspecified atom stereocenters. The number of hydrogen-bond donors (Lipinski definition) is 2. The van der Waals surface area contributed by atoms with E-state index < -0.39 is 5.97 Å². The van der Waals surface area contributed by atoms with Crippen LogP contribution in [0, 0.1) is 0 Å². The SMILES string of the molecule is COC1C=Cc2cc(ON)c(C(=O)ON)cc2C1. The van der Waals surface area contributed by atoms with Crippen LogP contribution in [-0.4, -0.2) is 19.2 Å². The molecule has 0 aliphatic heterocycles. The fourth-order valence-corrected chi connectivity index (χ4v) is 1.95. The second-order valence-corrected chi connectivity index (χ2v) is 3.91. The zero-order valence-corrected chi connectivity index (χ0v) is 9.88. The number of rotatable bonds is 3. The fraction of sp³-hybridized carbons (Fsp3) is 0.250. The summed E-state index contributed by atoms with van der Waals surface area (Å²) in [7, 11) is 1.63. The van der Waals surface area contributed by atoms with Gasteiger partial charge in [0.25, 0.3) is 0 Å². The van der Waals surface area contributed by atoms with E-state index in [-0.39, 0.29) is 17.4 Å². The van der Waals surface area contributed by atoms with Crippen LogP contribution in [0.25, 0.3) is 6.08 Å². The molecule has 0 amide bonds. The van der Waals surface area contributed by atoms with E-state index in [0.717, 1.165) is 11.1 Å². The molecule has 1 aliphatic rings. The van der Waals surface area contributed by atoms with Crippen molar-refractivity contribution in [2.45, 2.75) is 12.5 Å². The van der Waals surface area contributed by atoms with Crippen LogP contribution in [0.4, 0.5) is 0 Å². The van der Waals surface area contributed by atoms with Crippen LogP contribution >= 0.6 is 0 Å². The molecule has 0 bridgehead atoms. The Morgan fingerprint density at radius 1 is 1.39 bits per heavy atom. The smallest absolute Gasteiger partial charge is 0.360 e. The molecule has 1 aliphatic carbocycles. The van der Waals surface area contributed by atoms with Gasteiger partial charge in [0, 0.05) is 13.5 Å². The second kappa shape index (κ2) is 5.18. The Hall–Kier alpha value is -1.89. The molecule has 2 rings (SSSR count). The number of hydrogen-bond acceptors (Lipinski definition) is 6. The van der Waals surface area contributed by atoms with Crippen molar-refractivity contribution in [3.63, 3.8) is 0 Å². The van der Waals surface area contributed by atoms with Crippen molar-refractivity contribution in [2.24, 2.45) is 11.8 Å². The van der Waals surface area contributed by atoms with Gasteiger partial charge in [-0.25, -0.2) is 4.79 Å². The molecule has 0 saturated heterocycles. The van der Waals surface area contributed by atoms with E-state index in [1.807, 2.05) is 12.2 Å². The van der Waals surface area contributed by atoms with Crippen molar-refractivity contribution in [3.8, 4) is 5.75 Å². The summed E-state index contributed by atoms with van der Waals surface area (Å²) >= 11 is 0. The Morgan fingerprint density at radius 3 is 2.78 bits per heavy atom. The topological polar surface area (TPSA) is 96.8 Å². The van der Waals surface area contributed by atoms with Crippen molar-refractivity contribution in [3.05, 3.63) is 34.9 Å². The summed E-state index contributed by atoms with van der Waals surface area (Å²) in [6.45, 7) is 0. The first-order valence-electron chi connectivity index (χ1n) is 5.35. The molecule has 1 aromatic rings. The summed E-state index contributed by atoms with van der Waals surface area (Å²) in [6, 6.07) is 3.33. The second-order valence-electron chi connectivity index (χ2n) is 3.91. The van der Waals surface area contributed by atoms with Gasteiger partial charge in [0.1, 0.15) is 5.56 Å². The highest BCUT2D eigenvalue weighted by Gasteiger charge is 2.20. The third-order valence-electron chi connectivity index (χ3n) is 2.91. The zero-order chi connectivity index (χ0) is 13.1. The van der Waals surface area contributed by atoms with Gasteiger partial charge in [0.2, 0.25) is 0 Å².